The van der Waals surface area contributed by atoms with Gasteiger partial charge in [0.1, 0.15) is 0 Å². The van der Waals surface area contributed by atoms with Gasteiger partial charge in [0.05, 0.1) is 12.0 Å². The van der Waals surface area contributed by atoms with E-state index in [1.54, 1.807) is 16.2 Å². The second-order valence-electron chi connectivity index (χ2n) is 4.08. The first-order chi connectivity index (χ1) is 7.59. The smallest absolute Gasteiger partial charge is 0.317 e. The molecule has 16 heavy (non-hydrogen) atoms. The van der Waals surface area contributed by atoms with Crippen molar-refractivity contribution in [2.75, 3.05) is 6.54 Å². The standard InChI is InChI=1S/C11H14N2O2S/c1-7-5-13(11(15)12-10(7)14)8(2)9-3-4-16-6-9/h3-4,6-8H,5H2,1-2H3,(H,12,14,15). The SMILES string of the molecule is CC1CN(C(C)c2ccsc2)C(=O)NC1=O. The summed E-state index contributed by atoms with van der Waals surface area (Å²) in [6.45, 7) is 4.29. The second-order valence-corrected chi connectivity index (χ2v) is 4.86. The number of hydrogen-bond acceptors (Lipinski definition) is 3. The third kappa shape index (κ3) is 1.95. The molecule has 0 aliphatic carbocycles. The average Bonchev–Trinajstić information content (AvgIpc) is 2.75. The van der Waals surface area contributed by atoms with Gasteiger partial charge in [0.15, 0.2) is 0 Å². The topological polar surface area (TPSA) is 49.4 Å². The molecule has 2 unspecified atom stereocenters. The first-order valence-corrected chi connectivity index (χ1v) is 6.17. The molecular formula is C11H14N2O2S. The van der Waals surface area contributed by atoms with Crippen LogP contribution in [0.15, 0.2) is 16.8 Å². The van der Waals surface area contributed by atoms with Crippen LogP contribution in [0.1, 0.15) is 25.5 Å². The summed E-state index contributed by atoms with van der Waals surface area (Å²) in [6, 6.07) is 1.73. The zero-order chi connectivity index (χ0) is 11.7. The van der Waals surface area contributed by atoms with E-state index in [2.05, 4.69) is 5.32 Å². The molecule has 0 spiro atoms. The Balaban J connectivity index is 2.15. The summed E-state index contributed by atoms with van der Waals surface area (Å²) in [5.74, 6) is -0.322. The van der Waals surface area contributed by atoms with Crippen molar-refractivity contribution in [1.29, 1.82) is 0 Å². The van der Waals surface area contributed by atoms with Crippen LogP contribution in [-0.4, -0.2) is 23.4 Å². The Kier molecular flexibility index (Phi) is 2.96. The molecule has 1 aliphatic rings. The van der Waals surface area contributed by atoms with Gasteiger partial charge >= 0.3 is 6.03 Å². The van der Waals surface area contributed by atoms with E-state index in [-0.39, 0.29) is 23.9 Å². The molecule has 2 rings (SSSR count). The van der Waals surface area contributed by atoms with Gasteiger partial charge in [-0.3, -0.25) is 10.1 Å². The number of rotatable bonds is 2. The van der Waals surface area contributed by atoms with Gasteiger partial charge in [-0.25, -0.2) is 4.79 Å². The number of hydrogen-bond donors (Lipinski definition) is 1. The Morgan fingerprint density at radius 1 is 1.56 bits per heavy atom. The van der Waals surface area contributed by atoms with E-state index in [4.69, 9.17) is 0 Å². The molecule has 1 aromatic heterocycles. The van der Waals surface area contributed by atoms with Gasteiger partial charge in [0, 0.05) is 6.54 Å². The lowest BCUT2D eigenvalue weighted by Gasteiger charge is -2.34. The van der Waals surface area contributed by atoms with Crippen molar-refractivity contribution in [2.24, 2.45) is 5.92 Å². The van der Waals surface area contributed by atoms with Gasteiger partial charge in [-0.05, 0) is 29.3 Å². The Morgan fingerprint density at radius 3 is 2.94 bits per heavy atom. The molecule has 1 fully saturated rings. The number of imide groups is 1. The van der Waals surface area contributed by atoms with Crippen molar-refractivity contribution in [3.8, 4) is 0 Å². The van der Waals surface area contributed by atoms with Crippen molar-refractivity contribution in [3.05, 3.63) is 22.4 Å². The Hall–Kier alpha value is -1.36. The van der Waals surface area contributed by atoms with Crippen LogP contribution in [0, 0.1) is 5.92 Å². The Morgan fingerprint density at radius 2 is 2.31 bits per heavy atom. The molecule has 5 heteroatoms. The zero-order valence-corrected chi connectivity index (χ0v) is 10.1. The van der Waals surface area contributed by atoms with Crippen molar-refractivity contribution >= 4 is 23.3 Å². The number of thiophene rings is 1. The van der Waals surface area contributed by atoms with E-state index in [0.29, 0.717) is 6.54 Å². The third-order valence-electron chi connectivity index (χ3n) is 2.90. The highest BCUT2D eigenvalue weighted by Crippen LogP contribution is 2.25. The van der Waals surface area contributed by atoms with Gasteiger partial charge in [-0.1, -0.05) is 6.92 Å². The van der Waals surface area contributed by atoms with E-state index in [1.807, 2.05) is 30.7 Å². The molecule has 0 bridgehead atoms. The molecule has 0 aromatic carbocycles. The fraction of sp³-hybridized carbons (Fsp3) is 0.455. The predicted molar refractivity (Wildman–Crippen MR) is 62.1 cm³/mol. The maximum Gasteiger partial charge on any atom is 0.324 e. The van der Waals surface area contributed by atoms with Crippen LogP contribution in [-0.2, 0) is 4.79 Å². The lowest BCUT2D eigenvalue weighted by atomic mass is 10.1. The quantitative estimate of drug-likeness (QED) is 0.856. The van der Waals surface area contributed by atoms with Crippen LogP contribution in [0.3, 0.4) is 0 Å². The highest BCUT2D eigenvalue weighted by molar-refractivity contribution is 7.07. The third-order valence-corrected chi connectivity index (χ3v) is 3.60. The minimum absolute atomic E-state index is 0.0156. The first-order valence-electron chi connectivity index (χ1n) is 5.23. The van der Waals surface area contributed by atoms with E-state index >= 15 is 0 Å². The molecule has 1 N–H and O–H groups in total. The van der Waals surface area contributed by atoms with Gasteiger partial charge in [-0.15, -0.1) is 0 Å². The summed E-state index contributed by atoms with van der Waals surface area (Å²) in [6.07, 6.45) is 0. The van der Waals surface area contributed by atoms with E-state index in [0.717, 1.165) is 5.56 Å². The van der Waals surface area contributed by atoms with E-state index in [1.165, 1.54) is 0 Å². The van der Waals surface area contributed by atoms with Crippen LogP contribution >= 0.6 is 11.3 Å². The predicted octanol–water partition coefficient (Wildman–Crippen LogP) is 2.00. The monoisotopic (exact) mass is 238 g/mol. The second kappa shape index (κ2) is 4.25. The number of nitrogens with one attached hydrogen (secondary N) is 1. The van der Waals surface area contributed by atoms with Gasteiger partial charge in [-0.2, -0.15) is 11.3 Å². The van der Waals surface area contributed by atoms with Crippen LogP contribution in [0.2, 0.25) is 0 Å². The van der Waals surface area contributed by atoms with Crippen LogP contribution in [0.25, 0.3) is 0 Å². The Labute approximate surface area is 98.3 Å². The molecule has 1 aromatic rings. The summed E-state index contributed by atoms with van der Waals surface area (Å²) in [5.41, 5.74) is 1.11. The first kappa shape index (κ1) is 11.1. The summed E-state index contributed by atoms with van der Waals surface area (Å²) in [5, 5.41) is 6.39. The molecular weight excluding hydrogens is 224 g/mol. The maximum atomic E-state index is 11.7. The molecule has 0 saturated carbocycles. The summed E-state index contributed by atoms with van der Waals surface area (Å²) in [7, 11) is 0. The van der Waals surface area contributed by atoms with Crippen LogP contribution < -0.4 is 5.32 Å². The summed E-state index contributed by atoms with van der Waals surface area (Å²) >= 11 is 1.61. The van der Waals surface area contributed by atoms with Gasteiger partial charge < -0.3 is 4.90 Å². The van der Waals surface area contributed by atoms with Crippen LogP contribution in [0.4, 0.5) is 4.79 Å². The number of carbonyl (C=O) groups is 2. The average molecular weight is 238 g/mol. The summed E-state index contributed by atoms with van der Waals surface area (Å²) in [4.78, 5) is 24.7. The molecule has 2 heterocycles. The number of urea groups is 1. The molecule has 86 valence electrons. The van der Waals surface area contributed by atoms with Crippen molar-refractivity contribution in [1.82, 2.24) is 10.2 Å². The maximum absolute atomic E-state index is 11.7. The normalized spacial score (nSPS) is 23.1. The fourth-order valence-electron chi connectivity index (χ4n) is 1.79. The van der Waals surface area contributed by atoms with E-state index < -0.39 is 0 Å². The lowest BCUT2D eigenvalue weighted by Crippen LogP contribution is -2.54. The molecule has 1 aliphatic heterocycles. The van der Waals surface area contributed by atoms with E-state index in [9.17, 15) is 9.59 Å². The number of amides is 3. The zero-order valence-electron chi connectivity index (χ0n) is 9.27. The van der Waals surface area contributed by atoms with Gasteiger partial charge in [0.25, 0.3) is 0 Å². The number of nitrogens with zero attached hydrogens (tertiary/aromatic N) is 1. The largest absolute Gasteiger partial charge is 0.324 e. The molecule has 2 atom stereocenters. The minimum Gasteiger partial charge on any atom is -0.317 e. The van der Waals surface area contributed by atoms with Crippen LogP contribution in [0.5, 0.6) is 0 Å². The van der Waals surface area contributed by atoms with Gasteiger partial charge in [0.2, 0.25) is 5.91 Å². The molecule has 0 radical (unpaired) electrons. The highest BCUT2D eigenvalue weighted by atomic mass is 32.1. The number of carbonyl (C=O) groups excluding carboxylic acids is 2. The van der Waals surface area contributed by atoms with Crippen molar-refractivity contribution in [2.45, 2.75) is 19.9 Å². The minimum atomic E-state index is -0.290. The van der Waals surface area contributed by atoms with Crippen molar-refractivity contribution in [3.63, 3.8) is 0 Å². The molecule has 4 nitrogen and oxygen atoms in total. The Bertz CT molecular complexity index is 402. The van der Waals surface area contributed by atoms with Crippen molar-refractivity contribution < 1.29 is 9.59 Å². The molecule has 3 amide bonds. The summed E-state index contributed by atoms with van der Waals surface area (Å²) < 4.78 is 0. The molecule has 1 saturated heterocycles. The highest BCUT2D eigenvalue weighted by Gasteiger charge is 2.32. The fourth-order valence-corrected chi connectivity index (χ4v) is 2.53. The lowest BCUT2D eigenvalue weighted by molar-refractivity contribution is -0.125.